The highest BCUT2D eigenvalue weighted by Crippen LogP contribution is 2.50. The number of benzene rings is 2. The average molecular weight is 402 g/mol. The molecule has 7 heteroatoms. The zero-order chi connectivity index (χ0) is 21.0. The van der Waals surface area contributed by atoms with Gasteiger partial charge in [-0.2, -0.15) is 5.10 Å². The van der Waals surface area contributed by atoms with Gasteiger partial charge in [-0.05, 0) is 47.4 Å². The van der Waals surface area contributed by atoms with Crippen LogP contribution in [0.5, 0.6) is 5.75 Å². The standard InChI is InChI=1S/C23H22N4O3/c1-13(2)14-4-9-19-17(10-14)23(22(29)25-19)11-20(28)26-21-18(23)12-24-27(21)15-5-7-16(30-3)8-6-15/h4-10,12-13H,11H2,1-3H3,(H,25,29)(H,26,28)/t23-/m1/s1. The number of carbonyl (C=O) groups excluding carboxylic acids is 2. The van der Waals surface area contributed by atoms with Crippen molar-refractivity contribution in [2.24, 2.45) is 0 Å². The third-order valence-corrected chi connectivity index (χ3v) is 6.04. The van der Waals surface area contributed by atoms with Crippen molar-refractivity contribution in [3.63, 3.8) is 0 Å². The lowest BCUT2D eigenvalue weighted by Crippen LogP contribution is -2.43. The van der Waals surface area contributed by atoms with Gasteiger partial charge in [-0.3, -0.25) is 9.59 Å². The maximum Gasteiger partial charge on any atom is 0.240 e. The molecule has 2 aliphatic heterocycles. The zero-order valence-corrected chi connectivity index (χ0v) is 17.0. The highest BCUT2D eigenvalue weighted by atomic mass is 16.5. The van der Waals surface area contributed by atoms with Crippen LogP contribution in [0.25, 0.3) is 5.69 Å². The van der Waals surface area contributed by atoms with Crippen LogP contribution < -0.4 is 15.4 Å². The molecule has 1 atom stereocenters. The second-order valence-corrected chi connectivity index (χ2v) is 8.06. The number of amides is 2. The summed E-state index contributed by atoms with van der Waals surface area (Å²) in [6.07, 6.45) is 1.74. The molecule has 7 nitrogen and oxygen atoms in total. The van der Waals surface area contributed by atoms with Crippen LogP contribution in [0.1, 0.15) is 42.9 Å². The second-order valence-electron chi connectivity index (χ2n) is 8.06. The maximum atomic E-state index is 13.3. The van der Waals surface area contributed by atoms with Gasteiger partial charge >= 0.3 is 0 Å². The van der Waals surface area contributed by atoms with Crippen LogP contribution in [-0.2, 0) is 15.0 Å². The third kappa shape index (κ3) is 2.48. The Bertz CT molecular complexity index is 1180. The number of hydrogen-bond donors (Lipinski definition) is 2. The normalized spacial score (nSPS) is 19.5. The van der Waals surface area contributed by atoms with E-state index in [2.05, 4.69) is 29.6 Å². The molecule has 2 aliphatic rings. The van der Waals surface area contributed by atoms with Crippen LogP contribution in [-0.4, -0.2) is 28.7 Å². The number of methoxy groups -OCH3 is 1. The van der Waals surface area contributed by atoms with E-state index in [0.717, 1.165) is 28.3 Å². The Morgan fingerprint density at radius 2 is 1.83 bits per heavy atom. The van der Waals surface area contributed by atoms with E-state index in [9.17, 15) is 9.59 Å². The second kappa shape index (κ2) is 6.45. The van der Waals surface area contributed by atoms with Crippen molar-refractivity contribution >= 4 is 23.3 Å². The van der Waals surface area contributed by atoms with Crippen molar-refractivity contribution < 1.29 is 14.3 Å². The molecule has 1 aromatic heterocycles. The van der Waals surface area contributed by atoms with Crippen LogP contribution in [0, 0.1) is 0 Å². The fourth-order valence-electron chi connectivity index (χ4n) is 4.39. The summed E-state index contributed by atoms with van der Waals surface area (Å²) in [6.45, 7) is 4.22. The SMILES string of the molecule is COc1ccc(-n2ncc3c2NC(=O)C[C@]32C(=O)Nc3ccc(C(C)C)cc32)cc1. The van der Waals surface area contributed by atoms with E-state index in [-0.39, 0.29) is 18.2 Å². The molecule has 3 heterocycles. The van der Waals surface area contributed by atoms with E-state index >= 15 is 0 Å². The fourth-order valence-corrected chi connectivity index (χ4v) is 4.39. The van der Waals surface area contributed by atoms with Crippen LogP contribution in [0.3, 0.4) is 0 Å². The molecular formula is C23H22N4O3. The smallest absolute Gasteiger partial charge is 0.240 e. The minimum atomic E-state index is -1.08. The first-order chi connectivity index (χ1) is 14.4. The number of ether oxygens (including phenoxy) is 1. The molecule has 152 valence electrons. The van der Waals surface area contributed by atoms with Crippen LogP contribution in [0.2, 0.25) is 0 Å². The van der Waals surface area contributed by atoms with E-state index in [1.54, 1.807) is 18.0 Å². The van der Waals surface area contributed by atoms with Crippen LogP contribution >= 0.6 is 0 Å². The zero-order valence-electron chi connectivity index (χ0n) is 17.0. The number of hydrogen-bond acceptors (Lipinski definition) is 4. The van der Waals surface area contributed by atoms with E-state index in [4.69, 9.17) is 4.74 Å². The monoisotopic (exact) mass is 402 g/mol. The van der Waals surface area contributed by atoms with Crippen molar-refractivity contribution in [1.82, 2.24) is 9.78 Å². The van der Waals surface area contributed by atoms with Crippen molar-refractivity contribution in [2.75, 3.05) is 17.7 Å². The van der Waals surface area contributed by atoms with Gasteiger partial charge in [0.15, 0.2) is 0 Å². The Morgan fingerprint density at radius 1 is 1.07 bits per heavy atom. The molecule has 2 amide bonds. The minimum absolute atomic E-state index is 0.0503. The summed E-state index contributed by atoms with van der Waals surface area (Å²) in [7, 11) is 1.61. The van der Waals surface area contributed by atoms with Gasteiger partial charge in [-0.25, -0.2) is 4.68 Å². The topological polar surface area (TPSA) is 85.2 Å². The molecule has 30 heavy (non-hydrogen) atoms. The summed E-state index contributed by atoms with van der Waals surface area (Å²) < 4.78 is 6.88. The van der Waals surface area contributed by atoms with Crippen molar-refractivity contribution in [2.45, 2.75) is 31.6 Å². The summed E-state index contributed by atoms with van der Waals surface area (Å²) in [6, 6.07) is 13.4. The molecule has 0 unspecified atom stereocenters. The Hall–Kier alpha value is -3.61. The number of nitrogens with zero attached hydrogens (tertiary/aromatic N) is 2. The number of rotatable bonds is 3. The molecule has 0 radical (unpaired) electrons. The van der Waals surface area contributed by atoms with Gasteiger partial charge in [0, 0.05) is 17.7 Å². The first-order valence-electron chi connectivity index (χ1n) is 9.92. The molecule has 1 spiro atoms. The number of fused-ring (bicyclic) bond motifs is 4. The highest BCUT2D eigenvalue weighted by molar-refractivity contribution is 6.14. The highest BCUT2D eigenvalue weighted by Gasteiger charge is 2.54. The van der Waals surface area contributed by atoms with Gasteiger partial charge in [-0.1, -0.05) is 26.0 Å². The van der Waals surface area contributed by atoms with Gasteiger partial charge in [0.25, 0.3) is 0 Å². The number of anilines is 2. The van der Waals surface area contributed by atoms with Crippen molar-refractivity contribution in [3.8, 4) is 11.4 Å². The molecule has 0 saturated carbocycles. The van der Waals surface area contributed by atoms with E-state index in [0.29, 0.717) is 17.3 Å². The lowest BCUT2D eigenvalue weighted by Gasteiger charge is -2.32. The first-order valence-corrected chi connectivity index (χ1v) is 9.92. The summed E-state index contributed by atoms with van der Waals surface area (Å²) >= 11 is 0. The van der Waals surface area contributed by atoms with Crippen molar-refractivity contribution in [3.05, 3.63) is 65.4 Å². The van der Waals surface area contributed by atoms with Gasteiger partial charge in [0.2, 0.25) is 11.8 Å². The van der Waals surface area contributed by atoms with E-state index in [1.807, 2.05) is 42.5 Å². The Morgan fingerprint density at radius 3 is 2.53 bits per heavy atom. The molecule has 0 saturated heterocycles. The van der Waals surface area contributed by atoms with Crippen molar-refractivity contribution in [1.29, 1.82) is 0 Å². The van der Waals surface area contributed by atoms with Crippen LogP contribution in [0.4, 0.5) is 11.5 Å². The van der Waals surface area contributed by atoms with E-state index in [1.165, 1.54) is 0 Å². The molecule has 2 N–H and O–H groups in total. The largest absolute Gasteiger partial charge is 0.497 e. The third-order valence-electron chi connectivity index (χ3n) is 6.04. The van der Waals surface area contributed by atoms with E-state index < -0.39 is 5.41 Å². The average Bonchev–Trinajstić information content (AvgIpc) is 3.27. The summed E-state index contributed by atoms with van der Waals surface area (Å²) in [5.74, 6) is 1.15. The predicted molar refractivity (Wildman–Crippen MR) is 113 cm³/mol. The van der Waals surface area contributed by atoms with Gasteiger partial charge in [0.05, 0.1) is 19.0 Å². The molecule has 2 aromatic carbocycles. The summed E-state index contributed by atoms with van der Waals surface area (Å²) in [4.78, 5) is 26.1. The molecule has 3 aromatic rings. The number of aromatic nitrogens is 2. The van der Waals surface area contributed by atoms with Gasteiger partial charge < -0.3 is 15.4 Å². The molecule has 5 rings (SSSR count). The summed E-state index contributed by atoms with van der Waals surface area (Å²) in [5, 5.41) is 10.4. The maximum absolute atomic E-state index is 13.3. The Kier molecular flexibility index (Phi) is 3.96. The first kappa shape index (κ1) is 18.4. The molecule has 0 aliphatic carbocycles. The Labute approximate surface area is 174 Å². The fraction of sp³-hybridized carbons (Fsp3) is 0.261. The molecule has 0 fully saturated rings. The molecule has 0 bridgehead atoms. The lowest BCUT2D eigenvalue weighted by atomic mass is 9.71. The number of carbonyl (C=O) groups is 2. The Balaban J connectivity index is 1.71. The molecular weight excluding hydrogens is 380 g/mol. The van der Waals surface area contributed by atoms with Gasteiger partial charge in [0.1, 0.15) is 17.0 Å². The summed E-state index contributed by atoms with van der Waals surface area (Å²) in [5.41, 5.74) is 3.10. The number of nitrogens with one attached hydrogen (secondary N) is 2. The van der Waals surface area contributed by atoms with Gasteiger partial charge in [-0.15, -0.1) is 0 Å². The van der Waals surface area contributed by atoms with Crippen LogP contribution in [0.15, 0.2) is 48.7 Å². The quantitative estimate of drug-likeness (QED) is 0.701. The predicted octanol–water partition coefficient (Wildman–Crippen LogP) is 3.58. The lowest BCUT2D eigenvalue weighted by molar-refractivity contribution is -0.125. The minimum Gasteiger partial charge on any atom is -0.497 e.